The minimum atomic E-state index is -0.195. The molecule has 2 fully saturated rings. The number of esters is 1. The SMILES string of the molecule is N#CC=CCCC1CCC(C(=O)OC2CCC(c3ccc(F)cc3)CC2)CC1. The lowest BCUT2D eigenvalue weighted by atomic mass is 9.80. The summed E-state index contributed by atoms with van der Waals surface area (Å²) in [6.07, 6.45) is 13.4. The van der Waals surface area contributed by atoms with E-state index in [-0.39, 0.29) is 23.8 Å². The van der Waals surface area contributed by atoms with Crippen LogP contribution in [0.5, 0.6) is 0 Å². The molecule has 2 aliphatic carbocycles. The average Bonchev–Trinajstić information content (AvgIpc) is 2.73. The first-order valence-electron chi connectivity index (χ1n) is 10.7. The molecule has 1 aromatic rings. The van der Waals surface area contributed by atoms with Crippen molar-refractivity contribution in [3.63, 3.8) is 0 Å². The van der Waals surface area contributed by atoms with E-state index in [0.717, 1.165) is 64.2 Å². The van der Waals surface area contributed by atoms with E-state index in [1.165, 1.54) is 17.7 Å². The van der Waals surface area contributed by atoms with Crippen LogP contribution in [0.4, 0.5) is 4.39 Å². The molecule has 28 heavy (non-hydrogen) atoms. The number of nitriles is 1. The summed E-state index contributed by atoms with van der Waals surface area (Å²) in [6.45, 7) is 0. The third-order valence-electron chi connectivity index (χ3n) is 6.41. The topological polar surface area (TPSA) is 50.1 Å². The monoisotopic (exact) mass is 383 g/mol. The van der Waals surface area contributed by atoms with E-state index in [1.807, 2.05) is 24.3 Å². The second kappa shape index (κ2) is 10.4. The molecule has 0 bridgehead atoms. The lowest BCUT2D eigenvalue weighted by Gasteiger charge is -2.31. The molecule has 0 aromatic heterocycles. The van der Waals surface area contributed by atoms with Gasteiger partial charge in [-0.2, -0.15) is 5.26 Å². The molecule has 0 aliphatic heterocycles. The number of carbonyl (C=O) groups is 1. The second-order valence-corrected chi connectivity index (χ2v) is 8.29. The Labute approximate surface area is 167 Å². The first-order chi connectivity index (χ1) is 13.7. The zero-order valence-electron chi connectivity index (χ0n) is 16.5. The number of benzene rings is 1. The van der Waals surface area contributed by atoms with Crippen LogP contribution in [-0.2, 0) is 9.53 Å². The summed E-state index contributed by atoms with van der Waals surface area (Å²) in [5.41, 5.74) is 1.19. The van der Waals surface area contributed by atoms with Gasteiger partial charge in [0, 0.05) is 6.08 Å². The Kier molecular flexibility index (Phi) is 7.65. The molecular weight excluding hydrogens is 353 g/mol. The fourth-order valence-corrected chi connectivity index (χ4v) is 4.66. The summed E-state index contributed by atoms with van der Waals surface area (Å²) in [4.78, 5) is 12.6. The van der Waals surface area contributed by atoms with Gasteiger partial charge in [0.05, 0.1) is 12.0 Å². The summed E-state index contributed by atoms with van der Waals surface area (Å²) in [7, 11) is 0. The average molecular weight is 384 g/mol. The molecule has 0 spiro atoms. The summed E-state index contributed by atoms with van der Waals surface area (Å²) >= 11 is 0. The van der Waals surface area contributed by atoms with Crippen LogP contribution in [0, 0.1) is 29.0 Å². The Morgan fingerprint density at radius 2 is 1.75 bits per heavy atom. The number of allylic oxidation sites excluding steroid dienone is 2. The van der Waals surface area contributed by atoms with E-state index in [4.69, 9.17) is 10.00 Å². The number of halogens is 1. The van der Waals surface area contributed by atoms with Crippen molar-refractivity contribution in [2.45, 2.75) is 76.2 Å². The quantitative estimate of drug-likeness (QED) is 0.443. The van der Waals surface area contributed by atoms with Gasteiger partial charge in [0.2, 0.25) is 0 Å². The molecule has 0 N–H and O–H groups in total. The van der Waals surface area contributed by atoms with Crippen molar-refractivity contribution in [3.8, 4) is 6.07 Å². The van der Waals surface area contributed by atoms with Gasteiger partial charge in [0.15, 0.2) is 0 Å². The normalized spacial score (nSPS) is 28.0. The first-order valence-corrected chi connectivity index (χ1v) is 10.7. The van der Waals surface area contributed by atoms with Gasteiger partial charge < -0.3 is 4.74 Å². The molecule has 3 nitrogen and oxygen atoms in total. The van der Waals surface area contributed by atoms with Crippen molar-refractivity contribution in [2.75, 3.05) is 0 Å². The highest BCUT2D eigenvalue weighted by Crippen LogP contribution is 2.36. The van der Waals surface area contributed by atoms with Crippen molar-refractivity contribution >= 4 is 5.97 Å². The Hall–Kier alpha value is -2.15. The standard InChI is InChI=1S/C24H30FNO2/c25-22-13-9-19(10-14-22)20-11-15-23(16-12-20)28-24(27)21-7-5-18(6-8-21)4-2-1-3-17-26/h1,3,9-10,13-14,18,20-21,23H,2,4-8,11-12,15-16H2. The van der Waals surface area contributed by atoms with Crippen LogP contribution in [0.15, 0.2) is 36.4 Å². The maximum atomic E-state index is 13.1. The molecule has 0 amide bonds. The lowest BCUT2D eigenvalue weighted by Crippen LogP contribution is -2.29. The third kappa shape index (κ3) is 5.92. The molecule has 4 heteroatoms. The van der Waals surface area contributed by atoms with Crippen LogP contribution in [0.2, 0.25) is 0 Å². The van der Waals surface area contributed by atoms with Gasteiger partial charge in [-0.25, -0.2) is 4.39 Å². The van der Waals surface area contributed by atoms with E-state index < -0.39 is 0 Å². The number of hydrogen-bond acceptors (Lipinski definition) is 3. The third-order valence-corrected chi connectivity index (χ3v) is 6.41. The highest BCUT2D eigenvalue weighted by atomic mass is 19.1. The number of rotatable bonds is 6. The van der Waals surface area contributed by atoms with Crippen molar-refractivity contribution in [3.05, 3.63) is 47.8 Å². The molecule has 0 saturated heterocycles. The van der Waals surface area contributed by atoms with Crippen LogP contribution < -0.4 is 0 Å². The molecular formula is C24H30FNO2. The molecule has 3 rings (SSSR count). The fourth-order valence-electron chi connectivity index (χ4n) is 4.66. The summed E-state index contributed by atoms with van der Waals surface area (Å²) < 4.78 is 18.9. The van der Waals surface area contributed by atoms with Crippen LogP contribution in [0.25, 0.3) is 0 Å². The van der Waals surface area contributed by atoms with Crippen molar-refractivity contribution in [2.24, 2.45) is 11.8 Å². The van der Waals surface area contributed by atoms with Gasteiger partial charge in [-0.3, -0.25) is 4.79 Å². The molecule has 0 unspecified atom stereocenters. The maximum absolute atomic E-state index is 13.1. The highest BCUT2D eigenvalue weighted by molar-refractivity contribution is 5.72. The molecule has 0 atom stereocenters. The number of hydrogen-bond donors (Lipinski definition) is 0. The van der Waals surface area contributed by atoms with Crippen LogP contribution in [-0.4, -0.2) is 12.1 Å². The van der Waals surface area contributed by atoms with E-state index in [0.29, 0.717) is 11.8 Å². The van der Waals surface area contributed by atoms with Gasteiger partial charge in [0.25, 0.3) is 0 Å². The van der Waals surface area contributed by atoms with E-state index in [9.17, 15) is 9.18 Å². The van der Waals surface area contributed by atoms with E-state index in [1.54, 1.807) is 6.08 Å². The van der Waals surface area contributed by atoms with Crippen LogP contribution in [0.3, 0.4) is 0 Å². The number of carbonyl (C=O) groups excluding carboxylic acids is 1. The smallest absolute Gasteiger partial charge is 0.309 e. The Morgan fingerprint density at radius 3 is 2.39 bits per heavy atom. The molecule has 2 aliphatic rings. The predicted molar refractivity (Wildman–Crippen MR) is 107 cm³/mol. The molecule has 150 valence electrons. The Bertz CT molecular complexity index is 690. The van der Waals surface area contributed by atoms with Gasteiger partial charge in [-0.1, -0.05) is 18.2 Å². The first kappa shape index (κ1) is 20.6. The molecule has 2 saturated carbocycles. The lowest BCUT2D eigenvalue weighted by molar-refractivity contribution is -0.157. The molecule has 1 aromatic carbocycles. The van der Waals surface area contributed by atoms with Gasteiger partial charge >= 0.3 is 5.97 Å². The van der Waals surface area contributed by atoms with E-state index >= 15 is 0 Å². The van der Waals surface area contributed by atoms with Crippen LogP contribution in [0.1, 0.15) is 75.7 Å². The summed E-state index contributed by atoms with van der Waals surface area (Å²) in [5.74, 6) is 0.966. The zero-order valence-corrected chi connectivity index (χ0v) is 16.5. The number of ether oxygens (including phenoxy) is 1. The molecule has 0 heterocycles. The van der Waals surface area contributed by atoms with Gasteiger partial charge in [-0.15, -0.1) is 0 Å². The minimum absolute atomic E-state index is 0.00643. The van der Waals surface area contributed by atoms with Crippen LogP contribution >= 0.6 is 0 Å². The van der Waals surface area contributed by atoms with Gasteiger partial charge in [-0.05, 0) is 93.7 Å². The second-order valence-electron chi connectivity index (χ2n) is 8.29. The zero-order chi connectivity index (χ0) is 19.8. The predicted octanol–water partition coefficient (Wildman–Crippen LogP) is 6.06. The fraction of sp³-hybridized carbons (Fsp3) is 0.583. The Balaban J connectivity index is 1.36. The van der Waals surface area contributed by atoms with E-state index in [2.05, 4.69) is 0 Å². The summed E-state index contributed by atoms with van der Waals surface area (Å²) in [6, 6.07) is 8.83. The highest BCUT2D eigenvalue weighted by Gasteiger charge is 2.30. The van der Waals surface area contributed by atoms with Gasteiger partial charge in [0.1, 0.15) is 11.9 Å². The Morgan fingerprint density at radius 1 is 1.07 bits per heavy atom. The van der Waals surface area contributed by atoms with Crippen molar-refractivity contribution in [1.82, 2.24) is 0 Å². The van der Waals surface area contributed by atoms with Crippen molar-refractivity contribution in [1.29, 1.82) is 5.26 Å². The maximum Gasteiger partial charge on any atom is 0.309 e. The minimum Gasteiger partial charge on any atom is -0.462 e. The number of nitrogens with zero attached hydrogens (tertiary/aromatic N) is 1. The molecule has 0 radical (unpaired) electrons. The largest absolute Gasteiger partial charge is 0.462 e. The summed E-state index contributed by atoms with van der Waals surface area (Å²) in [5, 5.41) is 8.51. The van der Waals surface area contributed by atoms with Crippen molar-refractivity contribution < 1.29 is 13.9 Å².